The molecule has 1 aliphatic heterocycles. The van der Waals surface area contributed by atoms with Crippen molar-refractivity contribution >= 4 is 40.9 Å². The van der Waals surface area contributed by atoms with E-state index < -0.39 is 13.3 Å². The smallest absolute Gasteiger partial charge is 0.0713 e. The molecule has 1 atom stereocenters. The van der Waals surface area contributed by atoms with Crippen LogP contribution < -0.4 is 20.8 Å². The number of rotatable bonds is 6. The van der Waals surface area contributed by atoms with Gasteiger partial charge in [0.1, 0.15) is 0 Å². The lowest BCUT2D eigenvalue weighted by Crippen LogP contribution is -2.36. The SMILES string of the molecule is c1ccc(-c2cccc(-c3ccc4c(c3)N(c3ccccc3)c3ccc5c(c3P4c3ccccc3)-c3ccccc3C5(c3ccccc3)c3ccccc3)c2)cc1. The Labute approximate surface area is 336 Å². The number of para-hydroxylation sites is 1. The standard InChI is InChI=1S/C55H38NP/c1-6-19-39(20-7-1)40-21-18-22-41(37-40)42-33-36-52-51(38-42)56(45-27-12-4-13-28-45)50-35-34-49-53(54(50)57(52)46-29-14-5-15-30-46)47-31-16-17-32-48(47)55(49,43-23-8-2-9-24-43)44-25-10-3-11-26-44/h1-38H. The molecule has 0 fully saturated rings. The minimum atomic E-state index is -0.987. The molecule has 57 heavy (non-hydrogen) atoms. The van der Waals surface area contributed by atoms with Crippen molar-refractivity contribution in [3.8, 4) is 33.4 Å². The summed E-state index contributed by atoms with van der Waals surface area (Å²) >= 11 is 0. The third-order valence-corrected chi connectivity index (χ3v) is 14.4. The fourth-order valence-corrected chi connectivity index (χ4v) is 12.2. The molecular weight excluding hydrogens is 706 g/mol. The molecule has 11 rings (SSSR count). The lowest BCUT2D eigenvalue weighted by molar-refractivity contribution is 0.769. The summed E-state index contributed by atoms with van der Waals surface area (Å²) in [5.41, 5.74) is 15.9. The van der Waals surface area contributed by atoms with Crippen molar-refractivity contribution < 1.29 is 0 Å². The van der Waals surface area contributed by atoms with Gasteiger partial charge in [0.2, 0.25) is 0 Å². The molecule has 0 aromatic heterocycles. The first-order valence-corrected chi connectivity index (χ1v) is 21.0. The Hall–Kier alpha value is -6.79. The summed E-state index contributed by atoms with van der Waals surface area (Å²) in [6.45, 7) is 0. The van der Waals surface area contributed by atoms with Gasteiger partial charge in [-0.05, 0) is 99.2 Å². The van der Waals surface area contributed by atoms with Crippen molar-refractivity contribution in [3.05, 3.63) is 253 Å². The minimum absolute atomic E-state index is 0.480. The summed E-state index contributed by atoms with van der Waals surface area (Å²) in [7, 11) is -0.987. The summed E-state index contributed by atoms with van der Waals surface area (Å²) in [6.07, 6.45) is 0. The normalized spacial score (nSPS) is 14.6. The second kappa shape index (κ2) is 13.7. The molecule has 268 valence electrons. The van der Waals surface area contributed by atoms with Gasteiger partial charge in [-0.3, -0.25) is 0 Å². The van der Waals surface area contributed by atoms with Crippen LogP contribution in [0, 0.1) is 0 Å². The molecule has 0 radical (unpaired) electrons. The zero-order valence-electron chi connectivity index (χ0n) is 31.3. The largest absolute Gasteiger partial charge is 0.309 e. The van der Waals surface area contributed by atoms with Crippen molar-refractivity contribution in [2.45, 2.75) is 5.41 Å². The summed E-state index contributed by atoms with van der Waals surface area (Å²) in [4.78, 5) is 2.53. The van der Waals surface area contributed by atoms with Crippen LogP contribution in [0.1, 0.15) is 22.3 Å². The average Bonchev–Trinajstić information content (AvgIpc) is 3.61. The summed E-state index contributed by atoms with van der Waals surface area (Å²) in [6, 6.07) is 85.4. The first-order valence-electron chi connectivity index (χ1n) is 19.7. The lowest BCUT2D eigenvalue weighted by Gasteiger charge is -2.40. The summed E-state index contributed by atoms with van der Waals surface area (Å²) in [5.74, 6) is 0. The molecule has 9 aromatic carbocycles. The third kappa shape index (κ3) is 5.27. The Kier molecular flexibility index (Phi) is 8.09. The average molecular weight is 744 g/mol. The molecule has 0 amide bonds. The van der Waals surface area contributed by atoms with Gasteiger partial charge in [0.15, 0.2) is 0 Å². The molecule has 2 heteroatoms. The highest BCUT2D eigenvalue weighted by molar-refractivity contribution is 7.80. The van der Waals surface area contributed by atoms with E-state index in [9.17, 15) is 0 Å². The first kappa shape index (κ1) is 33.5. The highest BCUT2D eigenvalue weighted by Gasteiger charge is 2.49. The van der Waals surface area contributed by atoms with Gasteiger partial charge in [0, 0.05) is 16.3 Å². The van der Waals surface area contributed by atoms with Gasteiger partial charge in [0.25, 0.3) is 0 Å². The molecule has 1 unspecified atom stereocenters. The Bertz CT molecular complexity index is 2850. The molecule has 2 aliphatic rings. The van der Waals surface area contributed by atoms with Crippen LogP contribution in [-0.4, -0.2) is 0 Å². The number of hydrogen-bond acceptors (Lipinski definition) is 1. The van der Waals surface area contributed by atoms with E-state index in [0.717, 1.165) is 5.69 Å². The Morgan fingerprint density at radius 1 is 0.368 bits per heavy atom. The van der Waals surface area contributed by atoms with E-state index in [1.165, 1.54) is 82.9 Å². The predicted octanol–water partition coefficient (Wildman–Crippen LogP) is 12.9. The Morgan fingerprint density at radius 2 is 0.912 bits per heavy atom. The molecule has 1 nitrogen and oxygen atoms in total. The van der Waals surface area contributed by atoms with E-state index in [4.69, 9.17) is 0 Å². The van der Waals surface area contributed by atoms with Crippen LogP contribution in [0.15, 0.2) is 231 Å². The predicted molar refractivity (Wildman–Crippen MR) is 242 cm³/mol. The number of benzene rings is 9. The molecule has 9 aromatic rings. The number of fused-ring (bicyclic) bond motifs is 6. The number of anilines is 3. The van der Waals surface area contributed by atoms with Gasteiger partial charge in [-0.15, -0.1) is 0 Å². The van der Waals surface area contributed by atoms with Crippen molar-refractivity contribution in [1.29, 1.82) is 0 Å². The number of nitrogens with zero attached hydrogens (tertiary/aromatic N) is 1. The van der Waals surface area contributed by atoms with E-state index >= 15 is 0 Å². The molecular formula is C55H38NP. The van der Waals surface area contributed by atoms with Gasteiger partial charge < -0.3 is 4.90 Å². The topological polar surface area (TPSA) is 3.24 Å². The Morgan fingerprint density at radius 3 is 1.60 bits per heavy atom. The van der Waals surface area contributed by atoms with Gasteiger partial charge in [0.05, 0.1) is 16.8 Å². The maximum atomic E-state index is 2.53. The molecule has 0 spiro atoms. The fourth-order valence-electron chi connectivity index (χ4n) is 9.44. The van der Waals surface area contributed by atoms with Crippen molar-refractivity contribution in [3.63, 3.8) is 0 Å². The van der Waals surface area contributed by atoms with Crippen LogP contribution in [0.25, 0.3) is 33.4 Å². The first-order chi connectivity index (χ1) is 28.3. The van der Waals surface area contributed by atoms with Gasteiger partial charge >= 0.3 is 0 Å². The van der Waals surface area contributed by atoms with Crippen LogP contribution in [0.5, 0.6) is 0 Å². The van der Waals surface area contributed by atoms with E-state index in [2.05, 4.69) is 235 Å². The summed E-state index contributed by atoms with van der Waals surface area (Å²) in [5, 5.41) is 4.12. The van der Waals surface area contributed by atoms with Crippen LogP contribution in [0.3, 0.4) is 0 Å². The molecule has 0 saturated heterocycles. The number of hydrogen-bond donors (Lipinski definition) is 0. The third-order valence-electron chi connectivity index (χ3n) is 11.8. The van der Waals surface area contributed by atoms with Crippen molar-refractivity contribution in [1.82, 2.24) is 0 Å². The molecule has 1 heterocycles. The Balaban J connectivity index is 1.22. The quantitative estimate of drug-likeness (QED) is 0.153. The maximum absolute atomic E-state index is 2.53. The van der Waals surface area contributed by atoms with E-state index in [1.807, 2.05) is 0 Å². The molecule has 0 N–H and O–H groups in total. The zero-order valence-corrected chi connectivity index (χ0v) is 32.2. The zero-order chi connectivity index (χ0) is 37.8. The summed E-state index contributed by atoms with van der Waals surface area (Å²) < 4.78 is 0. The highest BCUT2D eigenvalue weighted by Crippen LogP contribution is 2.60. The molecule has 1 aliphatic carbocycles. The van der Waals surface area contributed by atoms with Crippen LogP contribution in [-0.2, 0) is 5.41 Å². The van der Waals surface area contributed by atoms with E-state index in [1.54, 1.807) is 0 Å². The monoisotopic (exact) mass is 743 g/mol. The van der Waals surface area contributed by atoms with Crippen LogP contribution in [0.4, 0.5) is 17.1 Å². The fraction of sp³-hybridized carbons (Fsp3) is 0.0182. The maximum Gasteiger partial charge on any atom is 0.0713 e. The van der Waals surface area contributed by atoms with Crippen molar-refractivity contribution in [2.24, 2.45) is 0 Å². The lowest BCUT2D eigenvalue weighted by atomic mass is 9.68. The van der Waals surface area contributed by atoms with Gasteiger partial charge in [-0.1, -0.05) is 200 Å². The highest BCUT2D eigenvalue weighted by atomic mass is 31.1. The second-order valence-electron chi connectivity index (χ2n) is 14.9. The second-order valence-corrected chi connectivity index (χ2v) is 17.0. The van der Waals surface area contributed by atoms with Crippen molar-refractivity contribution in [2.75, 3.05) is 4.90 Å². The molecule has 0 saturated carbocycles. The minimum Gasteiger partial charge on any atom is -0.309 e. The van der Waals surface area contributed by atoms with Gasteiger partial charge in [-0.25, -0.2) is 0 Å². The van der Waals surface area contributed by atoms with Gasteiger partial charge in [-0.2, -0.15) is 0 Å². The van der Waals surface area contributed by atoms with Crippen LogP contribution >= 0.6 is 7.92 Å². The van der Waals surface area contributed by atoms with Crippen LogP contribution in [0.2, 0.25) is 0 Å². The van der Waals surface area contributed by atoms with E-state index in [-0.39, 0.29) is 0 Å². The van der Waals surface area contributed by atoms with E-state index in [0.29, 0.717) is 0 Å². The molecule has 0 bridgehead atoms.